The fraction of sp³-hybridized carbons (Fsp3) is 0.211. The third-order valence-corrected chi connectivity index (χ3v) is 5.32. The summed E-state index contributed by atoms with van der Waals surface area (Å²) in [6, 6.07) is 5.67. The summed E-state index contributed by atoms with van der Waals surface area (Å²) in [7, 11) is 1.78. The number of aromatic nitrogens is 3. The zero-order valence-electron chi connectivity index (χ0n) is 14.1. The van der Waals surface area contributed by atoms with E-state index in [4.69, 9.17) is 4.42 Å². The third kappa shape index (κ3) is 3.37. The van der Waals surface area contributed by atoms with Crippen molar-refractivity contribution >= 4 is 23.4 Å². The molecule has 1 unspecified atom stereocenters. The van der Waals surface area contributed by atoms with Crippen LogP contribution in [-0.4, -0.2) is 32.7 Å². The van der Waals surface area contributed by atoms with Crippen LogP contribution in [0.1, 0.15) is 11.5 Å². The monoisotopic (exact) mass is 364 g/mol. The van der Waals surface area contributed by atoms with Crippen LogP contribution in [0.5, 0.6) is 0 Å². The number of carbonyl (C=O) groups excluding carboxylic acids is 1. The number of rotatable bonds is 3. The molecule has 3 aromatic heterocycles. The molecule has 0 spiro atoms. The lowest BCUT2D eigenvalue weighted by Gasteiger charge is -2.30. The quantitative estimate of drug-likeness (QED) is 0.669. The van der Waals surface area contributed by atoms with Gasteiger partial charge < -0.3 is 13.9 Å². The highest BCUT2D eigenvalue weighted by molar-refractivity contribution is 8.01. The number of anilines is 1. The minimum atomic E-state index is -0.215. The fourth-order valence-corrected chi connectivity index (χ4v) is 4.03. The first-order chi connectivity index (χ1) is 12.7. The number of carbonyl (C=O) groups is 1. The molecule has 0 N–H and O–H groups in total. The molecule has 7 heteroatoms. The molecular weight excluding hydrogens is 348 g/mol. The summed E-state index contributed by atoms with van der Waals surface area (Å²) in [5.74, 6) is 7.02. The number of pyridine rings is 1. The largest absolute Gasteiger partial charge is 0.469 e. The molecule has 1 aliphatic heterocycles. The highest BCUT2D eigenvalue weighted by atomic mass is 32.2. The molecule has 3 aromatic rings. The minimum absolute atomic E-state index is 0.0552. The van der Waals surface area contributed by atoms with Crippen molar-refractivity contribution in [1.82, 2.24) is 14.5 Å². The van der Waals surface area contributed by atoms with E-state index in [2.05, 4.69) is 21.8 Å². The maximum Gasteiger partial charge on any atom is 0.240 e. The molecule has 1 atom stereocenters. The van der Waals surface area contributed by atoms with Crippen molar-refractivity contribution in [2.75, 3.05) is 11.9 Å². The number of nitrogens with zero attached hydrogens (tertiary/aromatic N) is 4. The van der Waals surface area contributed by atoms with E-state index in [0.717, 1.165) is 16.3 Å². The van der Waals surface area contributed by atoms with Crippen molar-refractivity contribution in [3.05, 3.63) is 60.8 Å². The van der Waals surface area contributed by atoms with Gasteiger partial charge in [0.25, 0.3) is 0 Å². The molecule has 130 valence electrons. The number of furan rings is 1. The number of imidazole rings is 1. The molecule has 6 nitrogen and oxygen atoms in total. The lowest BCUT2D eigenvalue weighted by atomic mass is 10.2. The summed E-state index contributed by atoms with van der Waals surface area (Å²) >= 11 is 1.54. The lowest BCUT2D eigenvalue weighted by molar-refractivity contribution is -0.118. The Labute approximate surface area is 155 Å². The molecule has 26 heavy (non-hydrogen) atoms. The summed E-state index contributed by atoms with van der Waals surface area (Å²) < 4.78 is 7.29. The van der Waals surface area contributed by atoms with Crippen LogP contribution in [0, 0.1) is 11.8 Å². The van der Waals surface area contributed by atoms with Gasteiger partial charge in [0.05, 0.1) is 36.3 Å². The molecule has 1 amide bonds. The van der Waals surface area contributed by atoms with Crippen LogP contribution in [0.25, 0.3) is 0 Å². The summed E-state index contributed by atoms with van der Waals surface area (Å²) in [5, 5.41) is -0.215. The van der Waals surface area contributed by atoms with E-state index in [0.29, 0.717) is 18.7 Å². The van der Waals surface area contributed by atoms with Gasteiger partial charge in [-0.3, -0.25) is 4.79 Å². The van der Waals surface area contributed by atoms with Gasteiger partial charge in [-0.25, -0.2) is 9.97 Å². The Kier molecular flexibility index (Phi) is 4.50. The van der Waals surface area contributed by atoms with Crippen LogP contribution >= 0.6 is 11.8 Å². The van der Waals surface area contributed by atoms with Gasteiger partial charge in [-0.05, 0) is 24.1 Å². The van der Waals surface area contributed by atoms with Crippen LogP contribution in [0.3, 0.4) is 0 Å². The van der Waals surface area contributed by atoms with E-state index in [1.807, 2.05) is 29.0 Å². The van der Waals surface area contributed by atoms with Gasteiger partial charge in [0.15, 0.2) is 0 Å². The maximum atomic E-state index is 12.6. The van der Waals surface area contributed by atoms with Crippen molar-refractivity contribution < 1.29 is 9.21 Å². The highest BCUT2D eigenvalue weighted by Crippen LogP contribution is 2.39. The van der Waals surface area contributed by atoms with E-state index < -0.39 is 0 Å². The van der Waals surface area contributed by atoms with Crippen molar-refractivity contribution in [2.24, 2.45) is 0 Å². The van der Waals surface area contributed by atoms with Crippen LogP contribution in [-0.2, 0) is 17.8 Å². The Morgan fingerprint density at radius 1 is 1.42 bits per heavy atom. The topological polar surface area (TPSA) is 64.2 Å². The molecule has 1 aliphatic rings. The molecule has 0 saturated heterocycles. The van der Waals surface area contributed by atoms with E-state index in [1.165, 1.54) is 11.8 Å². The summed E-state index contributed by atoms with van der Waals surface area (Å²) in [6.07, 6.45) is 9.22. The van der Waals surface area contributed by atoms with E-state index in [9.17, 15) is 4.79 Å². The smallest absolute Gasteiger partial charge is 0.240 e. The predicted molar refractivity (Wildman–Crippen MR) is 98.8 cm³/mol. The van der Waals surface area contributed by atoms with E-state index in [-0.39, 0.29) is 11.2 Å². The molecular formula is C19H16N4O2S. The Balaban J connectivity index is 1.54. The minimum Gasteiger partial charge on any atom is -0.469 e. The number of amides is 1. The number of fused-ring (bicyclic) bond motifs is 1. The number of hydrogen-bond acceptors (Lipinski definition) is 5. The molecule has 0 saturated carbocycles. The predicted octanol–water partition coefficient (Wildman–Crippen LogP) is 2.60. The van der Waals surface area contributed by atoms with Gasteiger partial charge in [0.1, 0.15) is 11.5 Å². The van der Waals surface area contributed by atoms with Crippen molar-refractivity contribution in [2.45, 2.75) is 23.1 Å². The van der Waals surface area contributed by atoms with Gasteiger partial charge in [-0.15, -0.1) is 11.8 Å². The van der Waals surface area contributed by atoms with Crippen LogP contribution in [0.15, 0.2) is 58.7 Å². The Bertz CT molecular complexity index is 971. The van der Waals surface area contributed by atoms with Crippen LogP contribution in [0.2, 0.25) is 0 Å². The zero-order chi connectivity index (χ0) is 17.9. The van der Waals surface area contributed by atoms with Crippen molar-refractivity contribution in [3.63, 3.8) is 0 Å². The molecule has 0 aromatic carbocycles. The van der Waals surface area contributed by atoms with Crippen LogP contribution in [0.4, 0.5) is 5.69 Å². The Morgan fingerprint density at radius 2 is 2.35 bits per heavy atom. The summed E-state index contributed by atoms with van der Waals surface area (Å²) in [4.78, 5) is 23.6. The van der Waals surface area contributed by atoms with Gasteiger partial charge >= 0.3 is 0 Å². The second-order valence-electron chi connectivity index (χ2n) is 5.86. The number of hydrogen-bond donors (Lipinski definition) is 0. The van der Waals surface area contributed by atoms with Gasteiger partial charge in [-0.2, -0.15) is 0 Å². The van der Waals surface area contributed by atoms with Crippen LogP contribution < -0.4 is 4.90 Å². The first-order valence-electron chi connectivity index (χ1n) is 8.12. The molecule has 0 fully saturated rings. The summed E-state index contributed by atoms with van der Waals surface area (Å²) in [5.41, 5.74) is 1.51. The molecule has 0 aliphatic carbocycles. The average molecular weight is 364 g/mol. The van der Waals surface area contributed by atoms with E-state index in [1.54, 1.807) is 36.9 Å². The highest BCUT2D eigenvalue weighted by Gasteiger charge is 2.32. The molecule has 4 rings (SSSR count). The summed E-state index contributed by atoms with van der Waals surface area (Å²) in [6.45, 7) is 0.561. The Hall–Kier alpha value is -2.98. The normalized spacial score (nSPS) is 16.1. The SMILES string of the molecule is CN1C(=O)C(Cc2ccco2)Sc2cc(C#CCn3ccnc3)ncc21. The fourth-order valence-electron chi connectivity index (χ4n) is 2.72. The zero-order valence-corrected chi connectivity index (χ0v) is 14.9. The second kappa shape index (κ2) is 7.10. The molecule has 0 radical (unpaired) electrons. The van der Waals surface area contributed by atoms with Gasteiger partial charge in [0.2, 0.25) is 5.91 Å². The first-order valence-corrected chi connectivity index (χ1v) is 9.00. The van der Waals surface area contributed by atoms with Gasteiger partial charge in [-0.1, -0.05) is 5.92 Å². The number of thioether (sulfide) groups is 1. The second-order valence-corrected chi connectivity index (χ2v) is 7.11. The third-order valence-electron chi connectivity index (χ3n) is 4.09. The molecule has 4 heterocycles. The average Bonchev–Trinajstić information content (AvgIpc) is 3.33. The maximum absolute atomic E-state index is 12.6. The van der Waals surface area contributed by atoms with Crippen molar-refractivity contribution in [3.8, 4) is 11.8 Å². The lowest BCUT2D eigenvalue weighted by Crippen LogP contribution is -2.39. The first kappa shape index (κ1) is 16.5. The standard InChI is InChI=1S/C19H16N4O2S/c1-22-16-12-21-14(4-2-7-23-8-6-20-13-23)10-17(16)26-18(19(22)24)11-15-5-3-9-25-15/h3,5-6,8-10,12-13,18H,7,11H2,1H3. The molecule has 0 bridgehead atoms. The Morgan fingerprint density at radius 3 is 3.12 bits per heavy atom. The van der Waals surface area contributed by atoms with Gasteiger partial charge in [0, 0.05) is 30.8 Å². The van der Waals surface area contributed by atoms with Crippen molar-refractivity contribution in [1.29, 1.82) is 0 Å². The van der Waals surface area contributed by atoms with E-state index >= 15 is 0 Å².